The Kier molecular flexibility index (Phi) is 4.80. The zero-order valence-corrected chi connectivity index (χ0v) is 15.3. The Bertz CT molecular complexity index is 991. The van der Waals surface area contributed by atoms with Crippen LogP contribution in [0.2, 0.25) is 0 Å². The van der Waals surface area contributed by atoms with Crippen molar-refractivity contribution in [1.29, 1.82) is 0 Å². The second-order valence-corrected chi connectivity index (χ2v) is 6.38. The summed E-state index contributed by atoms with van der Waals surface area (Å²) < 4.78 is 35.1. The van der Waals surface area contributed by atoms with Gasteiger partial charge in [-0.15, -0.1) is 0 Å². The molecule has 0 N–H and O–H groups in total. The average molecular weight is 320 g/mol. The second-order valence-electron chi connectivity index (χ2n) is 5.06. The van der Waals surface area contributed by atoms with Gasteiger partial charge in [0, 0.05) is 5.39 Å². The fraction of sp³-hybridized carbons (Fsp3) is 0.0588. The van der Waals surface area contributed by atoms with Crippen LogP contribution in [-0.2, 0) is 10.1 Å². The molecule has 0 fully saturated rings. The van der Waals surface area contributed by atoms with Gasteiger partial charge in [0.15, 0.2) is 0 Å². The van der Waals surface area contributed by atoms with E-state index in [4.69, 9.17) is 0 Å². The van der Waals surface area contributed by atoms with Gasteiger partial charge in [0.05, 0.1) is 4.90 Å². The maximum Gasteiger partial charge on any atom is 1.00 e. The Labute approximate surface area is 151 Å². The van der Waals surface area contributed by atoms with E-state index in [0.29, 0.717) is 16.5 Å². The van der Waals surface area contributed by atoms with Crippen molar-refractivity contribution in [2.75, 3.05) is 0 Å². The first-order valence-electron chi connectivity index (χ1n) is 6.46. The molecule has 0 bridgehead atoms. The maximum atomic E-state index is 11.7. The number of rotatable bonds is 2. The van der Waals surface area contributed by atoms with Crippen LogP contribution in [0.5, 0.6) is 0 Å². The van der Waals surface area contributed by atoms with Gasteiger partial charge in [0.1, 0.15) is 10.1 Å². The van der Waals surface area contributed by atoms with Crippen LogP contribution in [0.1, 0.15) is 12.5 Å². The van der Waals surface area contributed by atoms with Crippen molar-refractivity contribution in [3.05, 3.63) is 60.7 Å². The molecule has 3 rings (SSSR count). The van der Waals surface area contributed by atoms with Gasteiger partial charge in [0.2, 0.25) is 0 Å². The number of hydrogen-bond donors (Lipinski definition) is 0. The van der Waals surface area contributed by atoms with Crippen molar-refractivity contribution >= 4 is 37.2 Å². The Morgan fingerprint density at radius 3 is 2.23 bits per heavy atom. The van der Waals surface area contributed by atoms with E-state index in [1.54, 1.807) is 19.1 Å². The normalized spacial score (nSPS) is 11.4. The third-order valence-electron chi connectivity index (χ3n) is 3.59. The van der Waals surface area contributed by atoms with E-state index in [1.165, 1.54) is 0 Å². The van der Waals surface area contributed by atoms with Gasteiger partial charge < -0.3 is 4.55 Å². The van der Waals surface area contributed by atoms with Crippen LogP contribution in [0, 0.1) is 0 Å². The molecular weight excluding hydrogens is 307 g/mol. The Balaban J connectivity index is 0.00000176. The molecule has 3 aromatic rings. The summed E-state index contributed by atoms with van der Waals surface area (Å²) in [6.07, 6.45) is 0. The molecule has 0 aliphatic heterocycles. The van der Waals surface area contributed by atoms with E-state index in [1.807, 2.05) is 36.4 Å². The molecule has 0 saturated carbocycles. The number of allylic oxidation sites excluding steroid dienone is 1. The van der Waals surface area contributed by atoms with E-state index in [-0.39, 0.29) is 34.5 Å². The van der Waals surface area contributed by atoms with Gasteiger partial charge in [-0.2, -0.15) is 0 Å². The summed E-state index contributed by atoms with van der Waals surface area (Å²) in [7, 11) is -4.58. The summed E-state index contributed by atoms with van der Waals surface area (Å²) >= 11 is 0. The topological polar surface area (TPSA) is 57.2 Å². The SMILES string of the molecule is C=C(C)c1ccc2c(ccc3ccccc32)c1S(=O)(=O)[O-].[Na+]. The van der Waals surface area contributed by atoms with Gasteiger partial charge >= 0.3 is 29.6 Å². The van der Waals surface area contributed by atoms with Crippen molar-refractivity contribution in [1.82, 2.24) is 0 Å². The molecule has 3 nitrogen and oxygen atoms in total. The Morgan fingerprint density at radius 2 is 1.59 bits per heavy atom. The van der Waals surface area contributed by atoms with Gasteiger partial charge in [-0.1, -0.05) is 55.1 Å². The van der Waals surface area contributed by atoms with Crippen LogP contribution in [0.3, 0.4) is 0 Å². The Morgan fingerprint density at radius 1 is 0.955 bits per heavy atom. The van der Waals surface area contributed by atoms with E-state index < -0.39 is 10.1 Å². The third kappa shape index (κ3) is 2.85. The second kappa shape index (κ2) is 6.14. The van der Waals surface area contributed by atoms with Crippen LogP contribution < -0.4 is 29.6 Å². The van der Waals surface area contributed by atoms with Gasteiger partial charge in [0.25, 0.3) is 0 Å². The van der Waals surface area contributed by atoms with Crippen molar-refractivity contribution in [2.45, 2.75) is 11.8 Å². The van der Waals surface area contributed by atoms with Crippen LogP contribution in [0.15, 0.2) is 60.0 Å². The Hall–Kier alpha value is -1.17. The summed E-state index contributed by atoms with van der Waals surface area (Å²) in [6, 6.07) is 14.7. The van der Waals surface area contributed by atoms with Gasteiger partial charge in [-0.05, 0) is 34.2 Å². The zero-order valence-electron chi connectivity index (χ0n) is 12.5. The predicted molar refractivity (Wildman–Crippen MR) is 84.1 cm³/mol. The monoisotopic (exact) mass is 320 g/mol. The third-order valence-corrected chi connectivity index (χ3v) is 4.53. The smallest absolute Gasteiger partial charge is 0.744 e. The minimum absolute atomic E-state index is 0. The van der Waals surface area contributed by atoms with Crippen molar-refractivity contribution in [3.63, 3.8) is 0 Å². The molecule has 3 aromatic carbocycles. The summed E-state index contributed by atoms with van der Waals surface area (Å²) in [6.45, 7) is 5.46. The largest absolute Gasteiger partial charge is 1.00 e. The number of benzene rings is 3. The van der Waals surface area contributed by atoms with Gasteiger partial charge in [-0.3, -0.25) is 0 Å². The summed E-state index contributed by atoms with van der Waals surface area (Å²) in [5.41, 5.74) is 0.937. The molecule has 0 spiro atoms. The van der Waals surface area contributed by atoms with Crippen LogP contribution in [0.25, 0.3) is 27.1 Å². The molecule has 0 aliphatic carbocycles. The standard InChI is InChI=1S/C17H14O3S.Na/c1-11(2)13-9-10-15-14-6-4-3-5-12(14)7-8-16(15)17(13)21(18,19)20;/h3-10H,1H2,2H3,(H,18,19,20);/q;+1/p-1. The van der Waals surface area contributed by atoms with Gasteiger partial charge in [-0.25, -0.2) is 8.42 Å². The molecule has 22 heavy (non-hydrogen) atoms. The quantitative estimate of drug-likeness (QED) is 0.401. The van der Waals surface area contributed by atoms with Crippen LogP contribution in [0.4, 0.5) is 0 Å². The molecule has 0 unspecified atom stereocenters. The summed E-state index contributed by atoms with van der Waals surface area (Å²) in [5, 5.41) is 3.13. The summed E-state index contributed by atoms with van der Waals surface area (Å²) in [4.78, 5) is -0.182. The first-order valence-corrected chi connectivity index (χ1v) is 7.86. The molecule has 5 heteroatoms. The fourth-order valence-electron chi connectivity index (χ4n) is 2.67. The fourth-order valence-corrected chi connectivity index (χ4v) is 3.62. The molecule has 0 heterocycles. The molecule has 106 valence electrons. The predicted octanol–water partition coefficient (Wildman–Crippen LogP) is 0.934. The van der Waals surface area contributed by atoms with Crippen molar-refractivity contribution in [3.8, 4) is 0 Å². The first kappa shape index (κ1) is 17.2. The van der Waals surface area contributed by atoms with Crippen molar-refractivity contribution in [2.24, 2.45) is 0 Å². The average Bonchev–Trinajstić information content (AvgIpc) is 2.44. The van der Waals surface area contributed by atoms with Crippen LogP contribution in [-0.4, -0.2) is 13.0 Å². The molecule has 0 saturated heterocycles. The molecular formula is C17H13NaO3S. The van der Waals surface area contributed by atoms with E-state index >= 15 is 0 Å². The summed E-state index contributed by atoms with van der Waals surface area (Å²) in [5.74, 6) is 0. The molecule has 0 amide bonds. The van der Waals surface area contributed by atoms with Crippen LogP contribution >= 0.6 is 0 Å². The molecule has 0 aromatic heterocycles. The molecule has 0 aliphatic rings. The van der Waals surface area contributed by atoms with E-state index in [2.05, 4.69) is 6.58 Å². The first-order chi connectivity index (χ1) is 9.89. The van der Waals surface area contributed by atoms with E-state index in [0.717, 1.165) is 16.2 Å². The minimum Gasteiger partial charge on any atom is -0.744 e. The number of hydrogen-bond acceptors (Lipinski definition) is 3. The van der Waals surface area contributed by atoms with E-state index in [9.17, 15) is 13.0 Å². The zero-order chi connectivity index (χ0) is 15.2. The maximum absolute atomic E-state index is 11.7. The number of fused-ring (bicyclic) bond motifs is 3. The molecule has 0 atom stereocenters. The minimum atomic E-state index is -4.58. The molecule has 0 radical (unpaired) electrons. The van der Waals surface area contributed by atoms with Crippen molar-refractivity contribution < 1.29 is 42.5 Å².